The lowest BCUT2D eigenvalue weighted by Gasteiger charge is -2.24. The monoisotopic (exact) mass is 240 g/mol. The number of hydrogen-bond donors (Lipinski definition) is 1. The van der Waals surface area contributed by atoms with E-state index in [0.717, 1.165) is 19.5 Å². The van der Waals surface area contributed by atoms with Gasteiger partial charge in [0, 0.05) is 19.1 Å². The van der Waals surface area contributed by atoms with Gasteiger partial charge in [-0.05, 0) is 33.2 Å². The first-order valence-electron chi connectivity index (χ1n) is 6.66. The van der Waals surface area contributed by atoms with Crippen LogP contribution in [0.5, 0.6) is 0 Å². The molecule has 98 valence electrons. The second-order valence-electron chi connectivity index (χ2n) is 5.49. The van der Waals surface area contributed by atoms with Crippen LogP contribution in [0.2, 0.25) is 0 Å². The summed E-state index contributed by atoms with van der Waals surface area (Å²) in [6.45, 7) is 7.94. The summed E-state index contributed by atoms with van der Waals surface area (Å²) in [5.74, 6) is 0.652. The van der Waals surface area contributed by atoms with Crippen LogP contribution < -0.4 is 5.32 Å². The summed E-state index contributed by atoms with van der Waals surface area (Å²) in [5.41, 5.74) is 0. The lowest BCUT2D eigenvalue weighted by atomic mass is 9.88. The van der Waals surface area contributed by atoms with Crippen LogP contribution >= 0.6 is 0 Å². The fraction of sp³-hybridized carbons (Fsp3) is 0.923. The van der Waals surface area contributed by atoms with Gasteiger partial charge in [-0.15, -0.1) is 0 Å². The molecule has 0 radical (unpaired) electrons. The Balaban J connectivity index is 2.00. The third kappa shape index (κ3) is 2.33. The molecule has 2 saturated heterocycles. The standard InChI is InChI=1S/C13H24N2O2/c1-8-9(2)17-10(3)12(8)13(16)15-6-5-11(7-15)14-4/h8-12,14H,5-7H2,1-4H3. The average Bonchev–Trinajstić information content (AvgIpc) is 2.85. The second-order valence-corrected chi connectivity index (χ2v) is 5.49. The highest BCUT2D eigenvalue weighted by atomic mass is 16.5. The smallest absolute Gasteiger partial charge is 0.228 e. The van der Waals surface area contributed by atoms with Gasteiger partial charge in [-0.3, -0.25) is 4.79 Å². The summed E-state index contributed by atoms with van der Waals surface area (Å²) in [6, 6.07) is 0.462. The van der Waals surface area contributed by atoms with E-state index in [1.807, 2.05) is 18.9 Å². The molecule has 0 aliphatic carbocycles. The van der Waals surface area contributed by atoms with Crippen molar-refractivity contribution in [3.63, 3.8) is 0 Å². The SMILES string of the molecule is CNC1CCN(C(=O)C2C(C)OC(C)C2C)C1. The summed E-state index contributed by atoms with van der Waals surface area (Å²) in [6.07, 6.45) is 1.32. The molecule has 5 unspecified atom stereocenters. The minimum atomic E-state index is 0.0422. The zero-order chi connectivity index (χ0) is 12.6. The molecular formula is C13H24N2O2. The molecule has 2 fully saturated rings. The molecule has 17 heavy (non-hydrogen) atoms. The topological polar surface area (TPSA) is 41.6 Å². The molecular weight excluding hydrogens is 216 g/mol. The number of hydrogen-bond acceptors (Lipinski definition) is 3. The number of carbonyl (C=O) groups excluding carboxylic acids is 1. The van der Waals surface area contributed by atoms with E-state index in [-0.39, 0.29) is 24.0 Å². The number of likely N-dealkylation sites (tertiary alicyclic amines) is 1. The van der Waals surface area contributed by atoms with Gasteiger partial charge >= 0.3 is 0 Å². The summed E-state index contributed by atoms with van der Waals surface area (Å²) in [5, 5.41) is 3.25. The number of ether oxygens (including phenoxy) is 1. The predicted molar refractivity (Wildman–Crippen MR) is 66.7 cm³/mol. The summed E-state index contributed by atoms with van der Waals surface area (Å²) in [4.78, 5) is 14.5. The minimum Gasteiger partial charge on any atom is -0.374 e. The Morgan fingerprint density at radius 2 is 2.00 bits per heavy atom. The number of nitrogens with zero attached hydrogens (tertiary/aromatic N) is 1. The van der Waals surface area contributed by atoms with Crippen molar-refractivity contribution < 1.29 is 9.53 Å². The number of carbonyl (C=O) groups is 1. The molecule has 0 aromatic rings. The van der Waals surface area contributed by atoms with Crippen LogP contribution in [0.3, 0.4) is 0 Å². The van der Waals surface area contributed by atoms with E-state index in [4.69, 9.17) is 4.74 Å². The fourth-order valence-electron chi connectivity index (χ4n) is 3.10. The maximum Gasteiger partial charge on any atom is 0.228 e. The number of nitrogens with one attached hydrogen (secondary N) is 1. The molecule has 2 heterocycles. The molecule has 2 aliphatic rings. The van der Waals surface area contributed by atoms with E-state index in [1.54, 1.807) is 0 Å². The van der Waals surface area contributed by atoms with Gasteiger partial charge in [0.25, 0.3) is 0 Å². The van der Waals surface area contributed by atoms with E-state index in [9.17, 15) is 4.79 Å². The second kappa shape index (κ2) is 4.94. The van der Waals surface area contributed by atoms with Gasteiger partial charge in [-0.25, -0.2) is 0 Å². The maximum absolute atomic E-state index is 12.5. The van der Waals surface area contributed by atoms with E-state index in [1.165, 1.54) is 0 Å². The Morgan fingerprint density at radius 3 is 2.47 bits per heavy atom. The molecule has 0 aromatic carbocycles. The molecule has 5 atom stereocenters. The van der Waals surface area contributed by atoms with Gasteiger partial charge in [0.15, 0.2) is 0 Å². The van der Waals surface area contributed by atoms with Gasteiger partial charge in [-0.1, -0.05) is 6.92 Å². The van der Waals surface area contributed by atoms with Crippen LogP contribution in [-0.2, 0) is 9.53 Å². The molecule has 2 aliphatic heterocycles. The third-order valence-electron chi connectivity index (χ3n) is 4.44. The Kier molecular flexibility index (Phi) is 3.73. The lowest BCUT2D eigenvalue weighted by Crippen LogP contribution is -2.41. The first-order valence-corrected chi connectivity index (χ1v) is 6.66. The first-order chi connectivity index (χ1) is 8.04. The van der Waals surface area contributed by atoms with Crippen molar-refractivity contribution in [3.05, 3.63) is 0 Å². The van der Waals surface area contributed by atoms with Crippen LogP contribution in [0.15, 0.2) is 0 Å². The van der Waals surface area contributed by atoms with E-state index < -0.39 is 0 Å². The highest BCUT2D eigenvalue weighted by Crippen LogP contribution is 2.34. The van der Waals surface area contributed by atoms with Crippen molar-refractivity contribution in [2.75, 3.05) is 20.1 Å². The van der Waals surface area contributed by atoms with Crippen LogP contribution in [0.1, 0.15) is 27.2 Å². The lowest BCUT2D eigenvalue weighted by molar-refractivity contribution is -0.136. The Morgan fingerprint density at radius 1 is 1.29 bits per heavy atom. The molecule has 0 spiro atoms. The van der Waals surface area contributed by atoms with E-state index in [2.05, 4.69) is 19.2 Å². The van der Waals surface area contributed by atoms with Crippen molar-refractivity contribution in [2.24, 2.45) is 11.8 Å². The summed E-state index contributed by atoms with van der Waals surface area (Å²) >= 11 is 0. The number of amides is 1. The Hall–Kier alpha value is -0.610. The van der Waals surface area contributed by atoms with Crippen LogP contribution in [0.4, 0.5) is 0 Å². The van der Waals surface area contributed by atoms with Crippen molar-refractivity contribution >= 4 is 5.91 Å². The van der Waals surface area contributed by atoms with Gasteiger partial charge in [0.2, 0.25) is 5.91 Å². The normalized spacial score (nSPS) is 42.1. The average molecular weight is 240 g/mol. The van der Waals surface area contributed by atoms with Crippen LogP contribution in [0.25, 0.3) is 0 Å². The molecule has 0 saturated carbocycles. The van der Waals surface area contributed by atoms with Gasteiger partial charge < -0.3 is 15.0 Å². The van der Waals surface area contributed by atoms with E-state index >= 15 is 0 Å². The zero-order valence-electron chi connectivity index (χ0n) is 11.3. The summed E-state index contributed by atoms with van der Waals surface area (Å²) in [7, 11) is 1.96. The predicted octanol–water partition coefficient (Wildman–Crippen LogP) is 0.866. The largest absolute Gasteiger partial charge is 0.374 e. The molecule has 0 aromatic heterocycles. The van der Waals surface area contributed by atoms with Crippen LogP contribution in [-0.4, -0.2) is 49.2 Å². The Labute approximate surface area is 104 Å². The maximum atomic E-state index is 12.5. The van der Waals surface area contributed by atoms with Gasteiger partial charge in [0.1, 0.15) is 0 Å². The van der Waals surface area contributed by atoms with Gasteiger partial charge in [0.05, 0.1) is 18.1 Å². The van der Waals surface area contributed by atoms with Crippen molar-refractivity contribution in [2.45, 2.75) is 45.4 Å². The number of likely N-dealkylation sites (N-methyl/N-ethyl adjacent to an activating group) is 1. The van der Waals surface area contributed by atoms with Crippen molar-refractivity contribution in [1.29, 1.82) is 0 Å². The van der Waals surface area contributed by atoms with Crippen LogP contribution in [0, 0.1) is 11.8 Å². The molecule has 4 heteroatoms. The molecule has 1 N–H and O–H groups in total. The molecule has 1 amide bonds. The number of rotatable bonds is 2. The highest BCUT2D eigenvalue weighted by Gasteiger charge is 2.44. The molecule has 2 rings (SSSR count). The van der Waals surface area contributed by atoms with E-state index in [0.29, 0.717) is 12.0 Å². The zero-order valence-corrected chi connectivity index (χ0v) is 11.3. The quantitative estimate of drug-likeness (QED) is 0.778. The van der Waals surface area contributed by atoms with Crippen molar-refractivity contribution in [3.8, 4) is 0 Å². The third-order valence-corrected chi connectivity index (χ3v) is 4.44. The van der Waals surface area contributed by atoms with Gasteiger partial charge in [-0.2, -0.15) is 0 Å². The summed E-state index contributed by atoms with van der Waals surface area (Å²) < 4.78 is 5.76. The van der Waals surface area contributed by atoms with Crippen molar-refractivity contribution in [1.82, 2.24) is 10.2 Å². The highest BCUT2D eigenvalue weighted by molar-refractivity contribution is 5.80. The fourth-order valence-corrected chi connectivity index (χ4v) is 3.10. The first kappa shape index (κ1) is 12.8. The minimum absolute atomic E-state index is 0.0422. The molecule has 4 nitrogen and oxygen atoms in total. The Bertz CT molecular complexity index is 295. The molecule has 0 bridgehead atoms.